The maximum atomic E-state index is 5.47. The summed E-state index contributed by atoms with van der Waals surface area (Å²) >= 11 is 0. The third-order valence-corrected chi connectivity index (χ3v) is 2.52. The van der Waals surface area contributed by atoms with E-state index in [1.165, 1.54) is 0 Å². The molecule has 1 aliphatic rings. The first-order valence-corrected chi connectivity index (χ1v) is 5.91. The van der Waals surface area contributed by atoms with Crippen LogP contribution in [0.2, 0.25) is 0 Å². The van der Waals surface area contributed by atoms with Crippen molar-refractivity contribution in [2.24, 2.45) is 0 Å². The first kappa shape index (κ1) is 12.0. The van der Waals surface area contributed by atoms with E-state index in [1.807, 2.05) is 19.0 Å². The highest BCUT2D eigenvalue weighted by molar-refractivity contribution is 5.37. The summed E-state index contributed by atoms with van der Waals surface area (Å²) in [6.07, 6.45) is 1.01. The molecule has 1 aliphatic heterocycles. The van der Waals surface area contributed by atoms with Crippen molar-refractivity contribution < 1.29 is 4.84 Å². The molecule has 0 spiro atoms. The van der Waals surface area contributed by atoms with Crippen LogP contribution in [-0.4, -0.2) is 42.2 Å². The molecule has 0 N–H and O–H groups in total. The monoisotopic (exact) mass is 237 g/mol. The van der Waals surface area contributed by atoms with E-state index in [9.17, 15) is 0 Å². The van der Waals surface area contributed by atoms with Crippen LogP contribution >= 0.6 is 0 Å². The summed E-state index contributed by atoms with van der Waals surface area (Å²) in [5.74, 6) is 2.37. The zero-order chi connectivity index (χ0) is 12.4. The first-order valence-electron chi connectivity index (χ1n) is 5.91. The average Bonchev–Trinajstić information content (AvgIpc) is 2.81. The largest absolute Gasteiger partial charge is 0.347 e. The van der Waals surface area contributed by atoms with Crippen LogP contribution in [0.25, 0.3) is 0 Å². The van der Waals surface area contributed by atoms with Gasteiger partial charge in [0.1, 0.15) is 5.82 Å². The molecular weight excluding hydrogens is 218 g/mol. The molecule has 0 radical (unpaired) electrons. The molecule has 0 amide bonds. The molecule has 0 unspecified atom stereocenters. The second-order valence-corrected chi connectivity index (χ2v) is 4.63. The Bertz CT molecular complexity index is 361. The van der Waals surface area contributed by atoms with Crippen molar-refractivity contribution in [2.45, 2.75) is 26.2 Å². The van der Waals surface area contributed by atoms with Gasteiger partial charge in [0.25, 0.3) is 5.95 Å². The average molecular weight is 237 g/mol. The van der Waals surface area contributed by atoms with Gasteiger partial charge in [-0.25, -0.2) is 5.06 Å². The predicted octanol–water partition coefficient (Wildman–Crippen LogP) is 1.20. The quantitative estimate of drug-likeness (QED) is 0.787. The smallest absolute Gasteiger partial charge is 0.254 e. The Labute approximate surface area is 102 Å². The lowest BCUT2D eigenvalue weighted by atomic mass is 10.2. The summed E-state index contributed by atoms with van der Waals surface area (Å²) in [5, 5.41) is 1.75. The minimum atomic E-state index is 0.276. The highest BCUT2D eigenvalue weighted by Gasteiger charge is 2.19. The van der Waals surface area contributed by atoms with Gasteiger partial charge in [0.15, 0.2) is 0 Å². The summed E-state index contributed by atoms with van der Waals surface area (Å²) < 4.78 is 0. The second-order valence-electron chi connectivity index (χ2n) is 4.63. The Balaban J connectivity index is 2.36. The molecule has 94 valence electrons. The van der Waals surface area contributed by atoms with E-state index in [4.69, 9.17) is 4.84 Å². The lowest BCUT2D eigenvalue weighted by Crippen LogP contribution is -2.23. The van der Waals surface area contributed by atoms with E-state index in [-0.39, 0.29) is 5.92 Å². The number of anilines is 2. The van der Waals surface area contributed by atoms with Crippen LogP contribution in [0, 0.1) is 0 Å². The third kappa shape index (κ3) is 2.63. The SMILES string of the molecule is CC(C)c1nc(N(C)C)nc(N2CCCO2)n1. The van der Waals surface area contributed by atoms with Crippen molar-refractivity contribution in [3.8, 4) is 0 Å². The van der Waals surface area contributed by atoms with Crippen molar-refractivity contribution in [3.63, 3.8) is 0 Å². The van der Waals surface area contributed by atoms with Gasteiger partial charge in [0.05, 0.1) is 13.2 Å². The number of nitrogens with zero attached hydrogens (tertiary/aromatic N) is 5. The normalized spacial score (nSPS) is 15.7. The lowest BCUT2D eigenvalue weighted by Gasteiger charge is -2.18. The van der Waals surface area contributed by atoms with Gasteiger partial charge in [-0.15, -0.1) is 0 Å². The van der Waals surface area contributed by atoms with Crippen molar-refractivity contribution in [1.29, 1.82) is 0 Å². The van der Waals surface area contributed by atoms with E-state index >= 15 is 0 Å². The Kier molecular flexibility index (Phi) is 3.42. The maximum absolute atomic E-state index is 5.47. The van der Waals surface area contributed by atoms with E-state index < -0.39 is 0 Å². The summed E-state index contributed by atoms with van der Waals surface area (Å²) in [4.78, 5) is 20.6. The highest BCUT2D eigenvalue weighted by atomic mass is 16.7. The maximum Gasteiger partial charge on any atom is 0.254 e. The van der Waals surface area contributed by atoms with Crippen molar-refractivity contribution >= 4 is 11.9 Å². The van der Waals surface area contributed by atoms with Gasteiger partial charge >= 0.3 is 0 Å². The van der Waals surface area contributed by atoms with E-state index in [0.717, 1.165) is 25.4 Å². The summed E-state index contributed by atoms with van der Waals surface area (Å²) in [7, 11) is 3.85. The van der Waals surface area contributed by atoms with Gasteiger partial charge < -0.3 is 4.90 Å². The molecule has 0 atom stereocenters. The van der Waals surface area contributed by atoms with Crippen LogP contribution in [0.3, 0.4) is 0 Å². The number of hydroxylamine groups is 1. The zero-order valence-corrected chi connectivity index (χ0v) is 10.8. The van der Waals surface area contributed by atoms with Crippen LogP contribution in [0.5, 0.6) is 0 Å². The Morgan fingerprint density at radius 1 is 1.24 bits per heavy atom. The van der Waals surface area contributed by atoms with Gasteiger partial charge in [-0.2, -0.15) is 15.0 Å². The van der Waals surface area contributed by atoms with E-state index in [1.54, 1.807) is 5.06 Å². The van der Waals surface area contributed by atoms with E-state index in [2.05, 4.69) is 28.8 Å². The minimum Gasteiger partial charge on any atom is -0.347 e. The highest BCUT2D eigenvalue weighted by Crippen LogP contribution is 2.19. The molecule has 2 heterocycles. The molecule has 17 heavy (non-hydrogen) atoms. The lowest BCUT2D eigenvalue weighted by molar-refractivity contribution is 0.163. The molecule has 1 aromatic rings. The van der Waals surface area contributed by atoms with Crippen LogP contribution in [0.4, 0.5) is 11.9 Å². The van der Waals surface area contributed by atoms with Gasteiger partial charge in [0, 0.05) is 20.0 Å². The molecular formula is C11H19N5O. The topological polar surface area (TPSA) is 54.4 Å². The van der Waals surface area contributed by atoms with Crippen molar-refractivity contribution in [1.82, 2.24) is 15.0 Å². The summed E-state index contributed by atoms with van der Waals surface area (Å²) in [6.45, 7) is 5.72. The zero-order valence-electron chi connectivity index (χ0n) is 10.8. The van der Waals surface area contributed by atoms with Crippen molar-refractivity contribution in [3.05, 3.63) is 5.82 Å². The van der Waals surface area contributed by atoms with Gasteiger partial charge in [-0.1, -0.05) is 13.8 Å². The number of aromatic nitrogens is 3. The summed E-state index contributed by atoms with van der Waals surface area (Å²) in [5.41, 5.74) is 0. The van der Waals surface area contributed by atoms with Gasteiger partial charge in [-0.3, -0.25) is 4.84 Å². The number of rotatable bonds is 3. The number of hydrogen-bond acceptors (Lipinski definition) is 6. The fraction of sp³-hybridized carbons (Fsp3) is 0.727. The fourth-order valence-electron chi connectivity index (χ4n) is 1.54. The summed E-state index contributed by atoms with van der Waals surface area (Å²) in [6, 6.07) is 0. The Morgan fingerprint density at radius 2 is 2.00 bits per heavy atom. The molecule has 6 nitrogen and oxygen atoms in total. The van der Waals surface area contributed by atoms with Crippen LogP contribution in [-0.2, 0) is 4.84 Å². The Morgan fingerprint density at radius 3 is 2.53 bits per heavy atom. The Hall–Kier alpha value is -1.43. The molecule has 6 heteroatoms. The number of hydrogen-bond donors (Lipinski definition) is 0. The van der Waals surface area contributed by atoms with Crippen LogP contribution in [0.1, 0.15) is 32.0 Å². The third-order valence-electron chi connectivity index (χ3n) is 2.52. The standard InChI is InChI=1S/C11H19N5O/c1-8(2)9-12-10(15(3)4)14-11(13-9)16-6-5-7-17-16/h8H,5-7H2,1-4H3. The molecule has 1 fully saturated rings. The van der Waals surface area contributed by atoms with Gasteiger partial charge in [-0.05, 0) is 6.42 Å². The van der Waals surface area contributed by atoms with Crippen molar-refractivity contribution in [2.75, 3.05) is 37.2 Å². The van der Waals surface area contributed by atoms with Crippen LogP contribution < -0.4 is 9.96 Å². The predicted molar refractivity (Wildman–Crippen MR) is 66.2 cm³/mol. The fourth-order valence-corrected chi connectivity index (χ4v) is 1.54. The molecule has 1 aromatic heterocycles. The molecule has 0 aliphatic carbocycles. The molecule has 0 bridgehead atoms. The van der Waals surface area contributed by atoms with Crippen LogP contribution in [0.15, 0.2) is 0 Å². The molecule has 0 saturated carbocycles. The van der Waals surface area contributed by atoms with E-state index in [0.29, 0.717) is 11.9 Å². The first-order chi connectivity index (χ1) is 8.08. The molecule has 0 aromatic carbocycles. The minimum absolute atomic E-state index is 0.276. The second kappa shape index (κ2) is 4.83. The van der Waals surface area contributed by atoms with Gasteiger partial charge in [0.2, 0.25) is 5.95 Å². The molecule has 2 rings (SSSR count). The molecule has 1 saturated heterocycles.